The Morgan fingerprint density at radius 1 is 1.12 bits per heavy atom. The molecular weight excluding hydrogens is 302 g/mol. The van der Waals surface area contributed by atoms with Gasteiger partial charge in [0.1, 0.15) is 5.75 Å². The third kappa shape index (κ3) is 2.95. The maximum atomic E-state index is 11.7. The fourth-order valence-electron chi connectivity index (χ4n) is 2.79. The lowest BCUT2D eigenvalue weighted by atomic mass is 9.98. The number of hydrogen-bond donors (Lipinski definition) is 1. The summed E-state index contributed by atoms with van der Waals surface area (Å²) >= 11 is 0. The summed E-state index contributed by atoms with van der Waals surface area (Å²) in [5.74, 6) is -0.132. The molecule has 122 valence electrons. The minimum atomic E-state index is -0.935. The van der Waals surface area contributed by atoms with Crippen molar-refractivity contribution in [2.75, 3.05) is 6.61 Å². The summed E-state index contributed by atoms with van der Waals surface area (Å²) in [5.41, 5.74) is 3.23. The van der Waals surface area contributed by atoms with E-state index in [-0.39, 0.29) is 0 Å². The normalized spacial score (nSPS) is 10.8. The number of nitrogens with zero attached hydrogens (tertiary/aromatic N) is 1. The number of carbonyl (C=O) groups is 1. The second kappa shape index (κ2) is 6.71. The largest absolute Gasteiger partial charge is 0.494 e. The highest BCUT2D eigenvalue weighted by Gasteiger charge is 2.17. The molecule has 1 aromatic heterocycles. The number of fused-ring (bicyclic) bond motifs is 1. The number of carboxylic acids is 1. The van der Waals surface area contributed by atoms with Crippen molar-refractivity contribution in [2.24, 2.45) is 0 Å². The molecule has 4 heteroatoms. The molecule has 0 aliphatic rings. The van der Waals surface area contributed by atoms with Crippen LogP contribution in [-0.4, -0.2) is 22.7 Å². The van der Waals surface area contributed by atoms with E-state index in [9.17, 15) is 9.90 Å². The average Bonchev–Trinajstić information content (AvgIpc) is 2.59. The molecule has 0 radical (unpaired) electrons. The van der Waals surface area contributed by atoms with Gasteiger partial charge in [-0.25, -0.2) is 9.78 Å². The molecule has 3 aromatic rings. The van der Waals surface area contributed by atoms with Gasteiger partial charge in [0.05, 0.1) is 23.4 Å². The molecule has 0 atom stereocenters. The maximum absolute atomic E-state index is 11.7. The van der Waals surface area contributed by atoms with Crippen LogP contribution < -0.4 is 4.74 Å². The molecule has 0 aliphatic heterocycles. The molecule has 1 N–H and O–H groups in total. The number of aromatic nitrogens is 1. The second-order valence-corrected chi connectivity index (χ2v) is 5.66. The summed E-state index contributed by atoms with van der Waals surface area (Å²) in [6, 6.07) is 14.9. The SMILES string of the molecule is CCCOc1ccc(-c2nc3ccccc3c(C(=O)O)c2C)cc1. The molecule has 4 nitrogen and oxygen atoms in total. The van der Waals surface area contributed by atoms with Gasteiger partial charge >= 0.3 is 5.97 Å². The highest BCUT2D eigenvalue weighted by Crippen LogP contribution is 2.30. The first-order valence-electron chi connectivity index (χ1n) is 7.97. The molecule has 0 aliphatic carbocycles. The first-order valence-corrected chi connectivity index (χ1v) is 7.97. The van der Waals surface area contributed by atoms with Gasteiger partial charge in [-0.1, -0.05) is 25.1 Å². The predicted octanol–water partition coefficient (Wildman–Crippen LogP) is 4.70. The van der Waals surface area contributed by atoms with Crippen molar-refractivity contribution < 1.29 is 14.6 Å². The van der Waals surface area contributed by atoms with E-state index in [1.165, 1.54) is 0 Å². The number of pyridine rings is 1. The van der Waals surface area contributed by atoms with Crippen LogP contribution in [0.2, 0.25) is 0 Å². The Morgan fingerprint density at radius 2 is 1.83 bits per heavy atom. The summed E-state index contributed by atoms with van der Waals surface area (Å²) in [4.78, 5) is 16.4. The number of para-hydroxylation sites is 1. The second-order valence-electron chi connectivity index (χ2n) is 5.66. The van der Waals surface area contributed by atoms with E-state index in [1.807, 2.05) is 42.5 Å². The monoisotopic (exact) mass is 321 g/mol. The van der Waals surface area contributed by atoms with Crippen molar-refractivity contribution in [1.82, 2.24) is 4.98 Å². The first kappa shape index (κ1) is 16.0. The van der Waals surface area contributed by atoms with Gasteiger partial charge in [0.2, 0.25) is 0 Å². The number of ether oxygens (including phenoxy) is 1. The van der Waals surface area contributed by atoms with Crippen LogP contribution in [0.3, 0.4) is 0 Å². The van der Waals surface area contributed by atoms with Crippen LogP contribution in [0.5, 0.6) is 5.75 Å². The van der Waals surface area contributed by atoms with Crippen LogP contribution in [0, 0.1) is 6.92 Å². The highest BCUT2D eigenvalue weighted by molar-refractivity contribution is 6.05. The molecule has 0 saturated heterocycles. The summed E-state index contributed by atoms with van der Waals surface area (Å²) in [6.45, 7) is 4.54. The van der Waals surface area contributed by atoms with Gasteiger partial charge in [-0.15, -0.1) is 0 Å². The average molecular weight is 321 g/mol. The van der Waals surface area contributed by atoms with Gasteiger partial charge in [0, 0.05) is 10.9 Å². The van der Waals surface area contributed by atoms with Gasteiger partial charge in [0.15, 0.2) is 0 Å². The Balaban J connectivity index is 2.12. The molecule has 0 fully saturated rings. The van der Waals surface area contributed by atoms with Crippen LogP contribution >= 0.6 is 0 Å². The predicted molar refractivity (Wildman–Crippen MR) is 94.7 cm³/mol. The zero-order chi connectivity index (χ0) is 17.1. The van der Waals surface area contributed by atoms with Crippen LogP contribution in [0.25, 0.3) is 22.2 Å². The molecule has 3 rings (SSSR count). The van der Waals surface area contributed by atoms with Crippen LogP contribution in [0.15, 0.2) is 48.5 Å². The Bertz CT molecular complexity index is 885. The molecule has 0 bridgehead atoms. The Labute approximate surface area is 140 Å². The number of hydrogen-bond acceptors (Lipinski definition) is 3. The number of benzene rings is 2. The topological polar surface area (TPSA) is 59.4 Å². The van der Waals surface area contributed by atoms with Crippen molar-refractivity contribution in [1.29, 1.82) is 0 Å². The van der Waals surface area contributed by atoms with Gasteiger partial charge in [-0.2, -0.15) is 0 Å². The summed E-state index contributed by atoms with van der Waals surface area (Å²) < 4.78 is 5.59. The molecule has 1 heterocycles. The van der Waals surface area contributed by atoms with E-state index in [4.69, 9.17) is 4.74 Å². The minimum Gasteiger partial charge on any atom is -0.494 e. The summed E-state index contributed by atoms with van der Waals surface area (Å²) in [7, 11) is 0. The Hall–Kier alpha value is -2.88. The van der Waals surface area contributed by atoms with E-state index < -0.39 is 5.97 Å². The number of aromatic carboxylic acids is 1. The lowest BCUT2D eigenvalue weighted by molar-refractivity contribution is 0.0698. The van der Waals surface area contributed by atoms with Crippen LogP contribution in [0.1, 0.15) is 29.3 Å². The fraction of sp³-hybridized carbons (Fsp3) is 0.200. The minimum absolute atomic E-state index is 0.307. The van der Waals surface area contributed by atoms with Crippen molar-refractivity contribution in [3.05, 3.63) is 59.7 Å². The first-order chi connectivity index (χ1) is 11.6. The van der Waals surface area contributed by atoms with Gasteiger partial charge in [-0.05, 0) is 49.2 Å². The zero-order valence-corrected chi connectivity index (χ0v) is 13.7. The van der Waals surface area contributed by atoms with E-state index in [1.54, 1.807) is 13.0 Å². The Morgan fingerprint density at radius 3 is 2.50 bits per heavy atom. The van der Waals surface area contributed by atoms with Crippen LogP contribution in [0.4, 0.5) is 0 Å². The molecule has 0 spiro atoms. The van der Waals surface area contributed by atoms with Crippen molar-refractivity contribution >= 4 is 16.9 Å². The molecule has 2 aromatic carbocycles. The summed E-state index contributed by atoms with van der Waals surface area (Å²) in [5, 5.41) is 10.3. The van der Waals surface area contributed by atoms with Crippen molar-refractivity contribution in [3.8, 4) is 17.0 Å². The zero-order valence-electron chi connectivity index (χ0n) is 13.7. The maximum Gasteiger partial charge on any atom is 0.336 e. The van der Waals surface area contributed by atoms with Gasteiger partial charge < -0.3 is 9.84 Å². The smallest absolute Gasteiger partial charge is 0.336 e. The van der Waals surface area contributed by atoms with Crippen molar-refractivity contribution in [2.45, 2.75) is 20.3 Å². The molecular formula is C20H19NO3. The fourth-order valence-corrected chi connectivity index (χ4v) is 2.79. The van der Waals surface area contributed by atoms with Gasteiger partial charge in [0.25, 0.3) is 0 Å². The highest BCUT2D eigenvalue weighted by atomic mass is 16.5. The summed E-state index contributed by atoms with van der Waals surface area (Å²) in [6.07, 6.45) is 0.953. The third-order valence-corrected chi connectivity index (χ3v) is 3.95. The van der Waals surface area contributed by atoms with Crippen LogP contribution in [-0.2, 0) is 0 Å². The van der Waals surface area contributed by atoms with E-state index >= 15 is 0 Å². The number of carboxylic acid groups (broad SMARTS) is 1. The molecule has 0 saturated carbocycles. The van der Waals surface area contributed by atoms with E-state index in [0.29, 0.717) is 34.3 Å². The lowest BCUT2D eigenvalue weighted by Gasteiger charge is -2.12. The molecule has 24 heavy (non-hydrogen) atoms. The standard InChI is InChI=1S/C20H19NO3/c1-3-12-24-15-10-8-14(9-11-15)19-13(2)18(20(22)23)16-6-4-5-7-17(16)21-19/h4-11H,3,12H2,1-2H3,(H,22,23). The lowest BCUT2D eigenvalue weighted by Crippen LogP contribution is -2.04. The number of rotatable bonds is 5. The Kier molecular flexibility index (Phi) is 4.47. The van der Waals surface area contributed by atoms with Gasteiger partial charge in [-0.3, -0.25) is 0 Å². The quantitative estimate of drug-likeness (QED) is 0.740. The molecule has 0 amide bonds. The van der Waals surface area contributed by atoms with E-state index in [2.05, 4.69) is 11.9 Å². The third-order valence-electron chi connectivity index (χ3n) is 3.95. The van der Waals surface area contributed by atoms with E-state index in [0.717, 1.165) is 17.7 Å². The molecule has 0 unspecified atom stereocenters. The van der Waals surface area contributed by atoms with Crippen molar-refractivity contribution in [3.63, 3.8) is 0 Å².